The molecule has 1 aromatic rings. The maximum absolute atomic E-state index is 4.80. The summed E-state index contributed by atoms with van der Waals surface area (Å²) in [5.41, 5.74) is 5.37. The van der Waals surface area contributed by atoms with E-state index < -0.39 is 0 Å². The summed E-state index contributed by atoms with van der Waals surface area (Å²) in [4.78, 5) is 7.36. The first-order valence-corrected chi connectivity index (χ1v) is 10.5. The predicted molar refractivity (Wildman–Crippen MR) is 120 cm³/mol. The Labute approximate surface area is 167 Å². The molecule has 1 aliphatic rings. The van der Waals surface area contributed by atoms with Crippen LogP contribution >= 0.6 is 0 Å². The van der Waals surface area contributed by atoms with E-state index in [9.17, 15) is 0 Å². The highest BCUT2D eigenvalue weighted by molar-refractivity contribution is 5.77. The number of allylic oxidation sites excluding steroid dienone is 1. The molecule has 0 amide bonds. The fraction of sp³-hybridized carbons (Fsp3) is 0.680. The van der Waals surface area contributed by atoms with E-state index in [1.54, 1.807) is 0 Å². The van der Waals surface area contributed by atoms with Crippen molar-refractivity contribution in [1.29, 1.82) is 0 Å². The summed E-state index contributed by atoms with van der Waals surface area (Å²) in [6.45, 7) is 25.0. The summed E-state index contributed by atoms with van der Waals surface area (Å²) >= 11 is 0. The molecule has 0 bridgehead atoms. The molecule has 0 aromatic heterocycles. The molecule has 0 spiro atoms. The molecule has 2 nitrogen and oxygen atoms in total. The number of benzene rings is 1. The molecule has 1 aliphatic heterocycles. The number of hydrogen-bond acceptors (Lipinski definition) is 2. The molecule has 150 valence electrons. The van der Waals surface area contributed by atoms with Crippen LogP contribution in [-0.2, 0) is 0 Å². The highest BCUT2D eigenvalue weighted by atomic mass is 15.3. The summed E-state index contributed by atoms with van der Waals surface area (Å²) < 4.78 is 0. The summed E-state index contributed by atoms with van der Waals surface area (Å²) in [5.74, 6) is 4.46. The van der Waals surface area contributed by atoms with Crippen molar-refractivity contribution in [3.8, 4) is 0 Å². The van der Waals surface area contributed by atoms with Gasteiger partial charge in [-0.05, 0) is 64.0 Å². The van der Waals surface area contributed by atoms with Crippen LogP contribution in [0.25, 0.3) is 0 Å². The second-order valence-corrected chi connectivity index (χ2v) is 11.0. The Hall–Kier alpha value is -1.53. The van der Waals surface area contributed by atoms with Crippen molar-refractivity contribution in [3.63, 3.8) is 0 Å². The van der Waals surface area contributed by atoms with Crippen LogP contribution < -0.4 is 4.90 Å². The van der Waals surface area contributed by atoms with E-state index in [4.69, 9.17) is 4.99 Å². The van der Waals surface area contributed by atoms with Crippen molar-refractivity contribution in [1.82, 2.24) is 0 Å². The highest BCUT2D eigenvalue weighted by Gasteiger charge is 2.49. The minimum atomic E-state index is -0.125. The van der Waals surface area contributed by atoms with Gasteiger partial charge in [0, 0.05) is 22.5 Å². The number of aliphatic imine (C=N–C) groups is 1. The Bertz CT molecular complexity index is 725. The lowest BCUT2D eigenvalue weighted by atomic mass is 9.84. The van der Waals surface area contributed by atoms with Crippen LogP contribution in [-0.4, -0.2) is 16.9 Å². The van der Waals surface area contributed by atoms with Crippen LogP contribution in [0.3, 0.4) is 0 Å². The standard InChI is InChI=1S/C25H40N2/c1-17(2)19-13-12-14-20(18(3)4)22(19)27-21(15-26-23(5,6)7)24(8,9)16-25(27,10)11/h12-14,17-18H,16H2,1-11H3. The molecule has 1 saturated heterocycles. The Kier molecular flexibility index (Phi) is 5.75. The van der Waals surface area contributed by atoms with Crippen LogP contribution in [0.2, 0.25) is 0 Å². The first kappa shape index (κ1) is 21.8. The van der Waals surface area contributed by atoms with Gasteiger partial charge in [0.05, 0.1) is 11.2 Å². The molecule has 2 heteroatoms. The molecule has 0 N–H and O–H groups in total. The minimum absolute atomic E-state index is 0.0217. The first-order chi connectivity index (χ1) is 12.2. The van der Waals surface area contributed by atoms with E-state index in [1.165, 1.54) is 22.5 Å². The van der Waals surface area contributed by atoms with Gasteiger partial charge in [0.1, 0.15) is 0 Å². The lowest BCUT2D eigenvalue weighted by Crippen LogP contribution is -2.39. The molecule has 1 fully saturated rings. The topological polar surface area (TPSA) is 15.6 Å². The number of para-hydroxylation sites is 1. The van der Waals surface area contributed by atoms with E-state index in [0.29, 0.717) is 11.8 Å². The zero-order valence-electron chi connectivity index (χ0n) is 19.5. The van der Waals surface area contributed by atoms with Gasteiger partial charge < -0.3 is 4.90 Å². The lowest BCUT2D eigenvalue weighted by Gasteiger charge is -2.38. The molecule has 0 unspecified atom stereocenters. The summed E-state index contributed by atoms with van der Waals surface area (Å²) in [5, 5.41) is 0. The van der Waals surface area contributed by atoms with E-state index in [-0.39, 0.29) is 16.5 Å². The molecule has 0 radical (unpaired) electrons. The zero-order chi connectivity index (χ0) is 20.8. The van der Waals surface area contributed by atoms with Crippen LogP contribution in [0.1, 0.15) is 106 Å². The minimum Gasteiger partial charge on any atom is -0.331 e. The van der Waals surface area contributed by atoms with Gasteiger partial charge in [0.25, 0.3) is 0 Å². The number of rotatable bonds is 3. The first-order valence-electron chi connectivity index (χ1n) is 10.5. The largest absolute Gasteiger partial charge is 0.331 e. The summed E-state index contributed by atoms with van der Waals surface area (Å²) in [6.07, 6.45) is 1.09. The normalized spacial score (nSPS) is 19.0. The van der Waals surface area contributed by atoms with E-state index in [1.807, 2.05) is 0 Å². The van der Waals surface area contributed by atoms with Gasteiger partial charge in [-0.15, -0.1) is 0 Å². The van der Waals surface area contributed by atoms with Gasteiger partial charge in [0.2, 0.25) is 0 Å². The van der Waals surface area contributed by atoms with Crippen molar-refractivity contribution in [2.24, 2.45) is 10.4 Å². The van der Waals surface area contributed by atoms with E-state index >= 15 is 0 Å². The summed E-state index contributed by atoms with van der Waals surface area (Å²) in [6, 6.07) is 6.81. The maximum atomic E-state index is 4.80. The van der Waals surface area contributed by atoms with Gasteiger partial charge in [-0.3, -0.25) is 0 Å². The molecule has 0 saturated carbocycles. The molecule has 1 heterocycles. The zero-order valence-corrected chi connectivity index (χ0v) is 19.5. The van der Waals surface area contributed by atoms with E-state index in [0.717, 1.165) is 6.42 Å². The molecule has 2 rings (SSSR count). The predicted octanol–water partition coefficient (Wildman–Crippen LogP) is 7.30. The van der Waals surface area contributed by atoms with Gasteiger partial charge in [0.15, 0.2) is 0 Å². The third-order valence-corrected chi connectivity index (χ3v) is 5.41. The average Bonchev–Trinajstić information content (AvgIpc) is 2.66. The van der Waals surface area contributed by atoms with E-state index in [2.05, 4.69) is 105 Å². The van der Waals surface area contributed by atoms with Crippen LogP contribution in [0.15, 0.2) is 28.9 Å². The highest BCUT2D eigenvalue weighted by Crippen LogP contribution is 2.53. The maximum Gasteiger partial charge on any atom is 0.0864 e. The van der Waals surface area contributed by atoms with Crippen LogP contribution in [0.5, 0.6) is 0 Å². The SMILES string of the molecule is CC(C)c1cccc(C(C)C)c1N1C(=C=NC(C)(C)C)C(C)(C)CC1(C)C. The molecule has 27 heavy (non-hydrogen) atoms. The Morgan fingerprint density at radius 1 is 0.963 bits per heavy atom. The van der Waals surface area contributed by atoms with Crippen LogP contribution in [0, 0.1) is 5.41 Å². The summed E-state index contributed by atoms with van der Waals surface area (Å²) in [7, 11) is 0. The second-order valence-electron chi connectivity index (χ2n) is 11.0. The monoisotopic (exact) mass is 368 g/mol. The molecule has 0 atom stereocenters. The second kappa shape index (κ2) is 7.13. The molecular formula is C25H40N2. The van der Waals surface area contributed by atoms with Gasteiger partial charge in [-0.1, -0.05) is 59.7 Å². The quantitative estimate of drug-likeness (QED) is 0.511. The smallest absolute Gasteiger partial charge is 0.0864 e. The number of anilines is 1. The number of nitrogens with zero attached hydrogens (tertiary/aromatic N) is 2. The third kappa shape index (κ3) is 4.49. The fourth-order valence-electron chi connectivity index (χ4n) is 4.46. The molecule has 1 aromatic carbocycles. The Morgan fingerprint density at radius 2 is 1.44 bits per heavy atom. The van der Waals surface area contributed by atoms with Gasteiger partial charge >= 0.3 is 0 Å². The van der Waals surface area contributed by atoms with Crippen molar-refractivity contribution in [2.75, 3.05) is 4.90 Å². The Balaban J connectivity index is 2.87. The Morgan fingerprint density at radius 3 is 1.85 bits per heavy atom. The lowest BCUT2D eigenvalue weighted by molar-refractivity contribution is 0.391. The molecule has 0 aliphatic carbocycles. The average molecular weight is 369 g/mol. The van der Waals surface area contributed by atoms with Crippen molar-refractivity contribution >= 4 is 11.6 Å². The van der Waals surface area contributed by atoms with Crippen molar-refractivity contribution in [2.45, 2.75) is 105 Å². The van der Waals surface area contributed by atoms with Gasteiger partial charge in [-0.2, -0.15) is 0 Å². The third-order valence-electron chi connectivity index (χ3n) is 5.41. The number of hydrogen-bond donors (Lipinski definition) is 0. The fourth-order valence-corrected chi connectivity index (χ4v) is 4.46. The van der Waals surface area contributed by atoms with Crippen molar-refractivity contribution in [3.05, 3.63) is 35.0 Å². The van der Waals surface area contributed by atoms with Crippen molar-refractivity contribution < 1.29 is 0 Å². The van der Waals surface area contributed by atoms with Gasteiger partial charge in [-0.25, -0.2) is 4.99 Å². The molecular weight excluding hydrogens is 328 g/mol. The van der Waals surface area contributed by atoms with Crippen LogP contribution in [0.4, 0.5) is 5.69 Å².